The van der Waals surface area contributed by atoms with Gasteiger partial charge in [-0.3, -0.25) is 4.79 Å². The average Bonchev–Trinajstić information content (AvgIpc) is 2.55. The van der Waals surface area contributed by atoms with Crippen LogP contribution >= 0.6 is 0 Å². The van der Waals surface area contributed by atoms with Gasteiger partial charge in [-0.15, -0.1) is 0 Å². The number of carbonyl (C=O) groups is 1. The summed E-state index contributed by atoms with van der Waals surface area (Å²) >= 11 is 0. The molecule has 0 saturated carbocycles. The van der Waals surface area contributed by atoms with Gasteiger partial charge in [0.15, 0.2) is 0 Å². The lowest BCUT2D eigenvalue weighted by Crippen LogP contribution is -3.04. The maximum absolute atomic E-state index is 12.0. The van der Waals surface area contributed by atoms with Gasteiger partial charge in [-0.1, -0.05) is 42.0 Å². The summed E-state index contributed by atoms with van der Waals surface area (Å²) in [4.78, 5) is 13.4. The molecule has 0 fully saturated rings. The molecule has 2 aromatic rings. The highest BCUT2D eigenvalue weighted by Crippen LogP contribution is 2.11. The van der Waals surface area contributed by atoms with Gasteiger partial charge in [-0.2, -0.15) is 0 Å². The smallest absolute Gasteiger partial charge is 0.223 e. The van der Waals surface area contributed by atoms with Crippen molar-refractivity contribution in [1.82, 2.24) is 5.32 Å². The third-order valence-corrected chi connectivity index (χ3v) is 3.76. The van der Waals surface area contributed by atoms with Gasteiger partial charge in [-0.25, -0.2) is 0 Å². The van der Waals surface area contributed by atoms with E-state index in [-0.39, 0.29) is 5.91 Å². The van der Waals surface area contributed by atoms with Crippen molar-refractivity contribution in [3.05, 3.63) is 65.2 Å². The predicted octanol–water partition coefficient (Wildman–Crippen LogP) is 1.72. The number of hydrogen-bond acceptors (Lipinski definition) is 2. The third-order valence-electron chi connectivity index (χ3n) is 3.76. The van der Waals surface area contributed by atoms with Crippen LogP contribution in [0, 0.1) is 6.92 Å². The highest BCUT2D eigenvalue weighted by Gasteiger charge is 2.07. The number of hydrogen-bond donors (Lipinski definition) is 2. The fourth-order valence-electron chi connectivity index (χ4n) is 2.46. The second-order valence-corrected chi connectivity index (χ2v) is 6.34. The molecule has 0 saturated heterocycles. The molecule has 2 N–H and O–H groups in total. The molecule has 0 aliphatic carbocycles. The van der Waals surface area contributed by atoms with E-state index in [4.69, 9.17) is 4.74 Å². The van der Waals surface area contributed by atoms with Crippen LogP contribution in [0.5, 0.6) is 5.75 Å². The van der Waals surface area contributed by atoms with Crippen molar-refractivity contribution in [1.29, 1.82) is 0 Å². The van der Waals surface area contributed by atoms with Gasteiger partial charge in [0, 0.05) is 12.1 Å². The molecule has 1 amide bonds. The molecule has 0 aliphatic heterocycles. The van der Waals surface area contributed by atoms with Crippen LogP contribution in [0.1, 0.15) is 23.1 Å². The first kappa shape index (κ1) is 18.0. The minimum absolute atomic E-state index is 0.00844. The van der Waals surface area contributed by atoms with Crippen molar-refractivity contribution in [3.63, 3.8) is 0 Å². The number of aryl methyl sites for hydroxylation is 1. The Bertz CT molecular complexity index is 651. The minimum Gasteiger partial charge on any atom is -0.493 e. The van der Waals surface area contributed by atoms with E-state index in [1.165, 1.54) is 21.6 Å². The number of ether oxygens (including phenoxy) is 1. The fourth-order valence-corrected chi connectivity index (χ4v) is 2.46. The van der Waals surface area contributed by atoms with Crippen LogP contribution in [-0.4, -0.2) is 26.6 Å². The Morgan fingerprint density at radius 2 is 1.71 bits per heavy atom. The molecule has 0 aromatic heterocycles. The Balaban J connectivity index is 1.76. The van der Waals surface area contributed by atoms with Crippen LogP contribution < -0.4 is 15.0 Å². The van der Waals surface area contributed by atoms with Gasteiger partial charge in [0.25, 0.3) is 0 Å². The summed E-state index contributed by atoms with van der Waals surface area (Å²) < 4.78 is 5.60. The number of amides is 1. The summed E-state index contributed by atoms with van der Waals surface area (Å²) in [6.45, 7) is 3.93. The largest absolute Gasteiger partial charge is 0.493 e. The van der Waals surface area contributed by atoms with Crippen molar-refractivity contribution in [3.8, 4) is 5.75 Å². The molecule has 0 aliphatic rings. The van der Waals surface area contributed by atoms with E-state index in [1.807, 2.05) is 43.3 Å². The minimum atomic E-state index is 0.00844. The zero-order valence-corrected chi connectivity index (χ0v) is 14.8. The van der Waals surface area contributed by atoms with Gasteiger partial charge in [0.2, 0.25) is 5.91 Å². The lowest BCUT2D eigenvalue weighted by Gasteiger charge is -2.13. The second kappa shape index (κ2) is 9.08. The normalized spacial score (nSPS) is 10.7. The highest BCUT2D eigenvalue weighted by molar-refractivity contribution is 5.76. The molecular weight excluding hydrogens is 300 g/mol. The number of benzene rings is 2. The summed E-state index contributed by atoms with van der Waals surface area (Å²) in [5, 5.41) is 2.98. The SMILES string of the molecule is Cc1ccc(OCCC(=O)NCc2ccccc2C[NH+](C)C)cc1. The van der Waals surface area contributed by atoms with E-state index in [0.29, 0.717) is 19.6 Å². The van der Waals surface area contributed by atoms with Crippen LogP contribution in [0.4, 0.5) is 0 Å². The molecule has 0 spiro atoms. The van der Waals surface area contributed by atoms with Crippen LogP contribution in [0.3, 0.4) is 0 Å². The Labute approximate surface area is 144 Å². The lowest BCUT2D eigenvalue weighted by atomic mass is 10.1. The van der Waals surface area contributed by atoms with Gasteiger partial charge in [0.1, 0.15) is 12.3 Å². The van der Waals surface area contributed by atoms with Crippen molar-refractivity contribution in [2.75, 3.05) is 20.7 Å². The number of carbonyl (C=O) groups excluding carboxylic acids is 1. The van der Waals surface area contributed by atoms with E-state index in [1.54, 1.807) is 0 Å². The number of rotatable bonds is 8. The number of quaternary nitrogens is 1. The molecular formula is C20H27N2O2+. The van der Waals surface area contributed by atoms with E-state index < -0.39 is 0 Å². The molecule has 2 rings (SSSR count). The van der Waals surface area contributed by atoms with E-state index >= 15 is 0 Å². The summed E-state index contributed by atoms with van der Waals surface area (Å²) in [6, 6.07) is 16.1. The molecule has 4 heteroatoms. The first-order chi connectivity index (χ1) is 11.5. The standard InChI is InChI=1S/C20H26N2O2/c1-16-8-10-19(11-9-16)24-13-12-20(23)21-14-17-6-4-5-7-18(17)15-22(2)3/h4-11H,12-15H2,1-3H3,(H,21,23)/p+1. The summed E-state index contributed by atoms with van der Waals surface area (Å²) in [7, 11) is 4.25. The molecule has 4 nitrogen and oxygen atoms in total. The molecule has 0 radical (unpaired) electrons. The first-order valence-electron chi connectivity index (χ1n) is 8.36. The van der Waals surface area contributed by atoms with Crippen molar-refractivity contribution < 1.29 is 14.4 Å². The van der Waals surface area contributed by atoms with Crippen molar-refractivity contribution >= 4 is 5.91 Å². The van der Waals surface area contributed by atoms with Crippen LogP contribution in [0.15, 0.2) is 48.5 Å². The quantitative estimate of drug-likeness (QED) is 0.775. The third kappa shape index (κ3) is 6.05. The molecule has 0 atom stereocenters. The van der Waals surface area contributed by atoms with Crippen molar-refractivity contribution in [2.45, 2.75) is 26.4 Å². The van der Waals surface area contributed by atoms with Crippen molar-refractivity contribution in [2.24, 2.45) is 0 Å². The average molecular weight is 327 g/mol. The first-order valence-corrected chi connectivity index (χ1v) is 8.36. The van der Waals surface area contributed by atoms with Gasteiger partial charge in [0.05, 0.1) is 27.1 Å². The van der Waals surface area contributed by atoms with Crippen LogP contribution in [0.25, 0.3) is 0 Å². The second-order valence-electron chi connectivity index (χ2n) is 6.34. The Kier molecular flexibility index (Phi) is 6.82. The topological polar surface area (TPSA) is 42.8 Å². The van der Waals surface area contributed by atoms with E-state index in [2.05, 4.69) is 31.5 Å². The lowest BCUT2D eigenvalue weighted by molar-refractivity contribution is -0.872. The highest BCUT2D eigenvalue weighted by atomic mass is 16.5. The summed E-state index contributed by atoms with van der Waals surface area (Å²) in [5.41, 5.74) is 3.64. The van der Waals surface area contributed by atoms with Gasteiger partial charge >= 0.3 is 0 Å². The maximum atomic E-state index is 12.0. The van der Waals surface area contributed by atoms with E-state index in [0.717, 1.165) is 12.3 Å². The molecule has 128 valence electrons. The molecule has 2 aromatic carbocycles. The number of nitrogens with one attached hydrogen (secondary N) is 2. The Hall–Kier alpha value is -2.33. The Morgan fingerprint density at radius 1 is 1.04 bits per heavy atom. The zero-order valence-electron chi connectivity index (χ0n) is 14.8. The zero-order chi connectivity index (χ0) is 17.4. The summed E-state index contributed by atoms with van der Waals surface area (Å²) in [6.07, 6.45) is 0.356. The molecule has 0 heterocycles. The monoisotopic (exact) mass is 327 g/mol. The Morgan fingerprint density at radius 3 is 2.38 bits per heavy atom. The van der Waals surface area contributed by atoms with E-state index in [9.17, 15) is 4.79 Å². The van der Waals surface area contributed by atoms with Crippen LogP contribution in [0.2, 0.25) is 0 Å². The van der Waals surface area contributed by atoms with Crippen LogP contribution in [-0.2, 0) is 17.9 Å². The summed E-state index contributed by atoms with van der Waals surface area (Å²) in [5.74, 6) is 0.807. The maximum Gasteiger partial charge on any atom is 0.223 e. The predicted molar refractivity (Wildman–Crippen MR) is 96.1 cm³/mol. The van der Waals surface area contributed by atoms with Gasteiger partial charge in [-0.05, 0) is 24.6 Å². The fraction of sp³-hybridized carbons (Fsp3) is 0.350. The molecule has 24 heavy (non-hydrogen) atoms. The molecule has 0 unspecified atom stereocenters. The van der Waals surface area contributed by atoms with Gasteiger partial charge < -0.3 is 15.0 Å². The molecule has 0 bridgehead atoms.